The van der Waals surface area contributed by atoms with E-state index in [2.05, 4.69) is 36.5 Å². The van der Waals surface area contributed by atoms with Gasteiger partial charge in [0.25, 0.3) is 0 Å². The van der Waals surface area contributed by atoms with E-state index in [9.17, 15) is 4.79 Å². The highest BCUT2D eigenvalue weighted by molar-refractivity contribution is 7.99. The van der Waals surface area contributed by atoms with Crippen LogP contribution in [0.25, 0.3) is 0 Å². The van der Waals surface area contributed by atoms with Crippen molar-refractivity contribution in [3.63, 3.8) is 0 Å². The zero-order valence-electron chi connectivity index (χ0n) is 10.6. The Hall–Kier alpha value is -1.29. The maximum atomic E-state index is 11.5. The van der Waals surface area contributed by atoms with Crippen molar-refractivity contribution in [2.24, 2.45) is 11.0 Å². The number of benzene rings is 1. The monoisotopic (exact) mass is 260 g/mol. The highest BCUT2D eigenvalue weighted by Gasteiger charge is 2.29. The van der Waals surface area contributed by atoms with Gasteiger partial charge in [0.15, 0.2) is 0 Å². The maximum absolute atomic E-state index is 11.5. The molecular formula is C14H16N2OS. The molecule has 0 aromatic heterocycles. The maximum Gasteiger partial charge on any atom is 0.240 e. The number of nitrogens with one attached hydrogen (secondary N) is 1. The molecule has 0 saturated carbocycles. The molecule has 1 N–H and O–H groups in total. The van der Waals surface area contributed by atoms with Gasteiger partial charge in [0.2, 0.25) is 5.91 Å². The van der Waals surface area contributed by atoms with Crippen molar-refractivity contribution in [3.8, 4) is 0 Å². The summed E-state index contributed by atoms with van der Waals surface area (Å²) in [5.74, 6) is 1.39. The van der Waals surface area contributed by atoms with Gasteiger partial charge in [0.05, 0.1) is 5.71 Å². The highest BCUT2D eigenvalue weighted by atomic mass is 32.2. The molecule has 1 aromatic carbocycles. The lowest BCUT2D eigenvalue weighted by Gasteiger charge is -2.21. The molecule has 3 nitrogen and oxygen atoms in total. The Kier molecular flexibility index (Phi) is 2.90. The lowest BCUT2D eigenvalue weighted by molar-refractivity contribution is -0.122. The molecule has 2 aliphatic heterocycles. The Morgan fingerprint density at radius 3 is 3.06 bits per heavy atom. The normalized spacial score (nSPS) is 22.4. The molecule has 0 aliphatic carbocycles. The van der Waals surface area contributed by atoms with Gasteiger partial charge in [0.1, 0.15) is 0 Å². The molecule has 0 bridgehead atoms. The van der Waals surface area contributed by atoms with Gasteiger partial charge >= 0.3 is 0 Å². The largest absolute Gasteiger partial charge is 0.273 e. The molecule has 1 amide bonds. The first-order chi connectivity index (χ1) is 8.65. The van der Waals surface area contributed by atoms with Crippen LogP contribution in [0.5, 0.6) is 0 Å². The van der Waals surface area contributed by atoms with Crippen molar-refractivity contribution in [2.75, 3.05) is 5.75 Å². The van der Waals surface area contributed by atoms with Crippen LogP contribution in [-0.4, -0.2) is 17.4 Å². The second-order valence-corrected chi connectivity index (χ2v) is 6.13. The summed E-state index contributed by atoms with van der Waals surface area (Å²) in [6.45, 7) is 4.26. The van der Waals surface area contributed by atoms with E-state index in [0.29, 0.717) is 6.42 Å². The molecule has 18 heavy (non-hydrogen) atoms. The molecule has 1 aromatic rings. The quantitative estimate of drug-likeness (QED) is 0.779. The smallest absolute Gasteiger partial charge is 0.240 e. The lowest BCUT2D eigenvalue weighted by atomic mass is 9.89. The molecule has 0 radical (unpaired) electrons. The summed E-state index contributed by atoms with van der Waals surface area (Å²) in [7, 11) is 0. The van der Waals surface area contributed by atoms with Gasteiger partial charge in [-0.3, -0.25) is 4.79 Å². The van der Waals surface area contributed by atoms with Crippen LogP contribution in [0.1, 0.15) is 29.5 Å². The summed E-state index contributed by atoms with van der Waals surface area (Å²) in [5.41, 5.74) is 7.49. The van der Waals surface area contributed by atoms with Crippen LogP contribution in [0.15, 0.2) is 22.1 Å². The Labute approximate surface area is 111 Å². The third kappa shape index (κ3) is 1.94. The second kappa shape index (κ2) is 4.43. The number of carbonyl (C=O) groups excluding carboxylic acids is 1. The molecule has 2 aliphatic rings. The van der Waals surface area contributed by atoms with Crippen molar-refractivity contribution in [1.29, 1.82) is 0 Å². The first kappa shape index (κ1) is 11.8. The summed E-state index contributed by atoms with van der Waals surface area (Å²) in [4.78, 5) is 12.8. The molecule has 94 valence electrons. The second-order valence-electron chi connectivity index (χ2n) is 5.03. The van der Waals surface area contributed by atoms with Crippen LogP contribution >= 0.6 is 11.8 Å². The third-order valence-electron chi connectivity index (χ3n) is 3.53. The van der Waals surface area contributed by atoms with E-state index >= 15 is 0 Å². The van der Waals surface area contributed by atoms with Crippen LogP contribution in [0.2, 0.25) is 0 Å². The number of hydrogen-bond donors (Lipinski definition) is 1. The molecule has 1 atom stereocenters. The zero-order chi connectivity index (χ0) is 12.7. The van der Waals surface area contributed by atoms with E-state index in [1.807, 2.05) is 11.8 Å². The van der Waals surface area contributed by atoms with Crippen LogP contribution in [-0.2, 0) is 4.79 Å². The van der Waals surface area contributed by atoms with Gasteiger partial charge in [0, 0.05) is 22.8 Å². The average molecular weight is 260 g/mol. The fourth-order valence-electron chi connectivity index (χ4n) is 2.74. The fraction of sp³-hybridized carbons (Fsp3) is 0.429. The number of amides is 1. The van der Waals surface area contributed by atoms with E-state index in [-0.39, 0.29) is 11.8 Å². The first-order valence-electron chi connectivity index (χ1n) is 6.26. The number of nitrogens with zero attached hydrogens (tertiary/aromatic N) is 1. The van der Waals surface area contributed by atoms with Crippen molar-refractivity contribution >= 4 is 23.4 Å². The van der Waals surface area contributed by atoms with Gasteiger partial charge in [-0.2, -0.15) is 5.10 Å². The minimum atomic E-state index is 0.0431. The first-order valence-corrected chi connectivity index (χ1v) is 7.24. The Balaban J connectivity index is 2.16. The van der Waals surface area contributed by atoms with Crippen LogP contribution in [0.3, 0.4) is 0 Å². The zero-order valence-corrected chi connectivity index (χ0v) is 11.4. The highest BCUT2D eigenvalue weighted by Crippen LogP contribution is 2.36. The van der Waals surface area contributed by atoms with E-state index in [1.54, 1.807) is 0 Å². The standard InChI is InChI=1S/C14H16N2OS/c1-8-5-9(2)14-11(6-8)13-10(3-4-18-14)7-12(17)15-16-13/h5-6,10H,3-4,7H2,1-2H3,(H,15,17). The number of thioether (sulfide) groups is 1. The summed E-state index contributed by atoms with van der Waals surface area (Å²) in [6, 6.07) is 4.41. The predicted molar refractivity (Wildman–Crippen MR) is 74.0 cm³/mol. The van der Waals surface area contributed by atoms with Crippen LogP contribution < -0.4 is 5.43 Å². The van der Waals surface area contributed by atoms with E-state index in [1.165, 1.54) is 21.6 Å². The Morgan fingerprint density at radius 2 is 2.22 bits per heavy atom. The van der Waals surface area contributed by atoms with Gasteiger partial charge in [-0.05, 0) is 37.7 Å². The summed E-state index contributed by atoms with van der Waals surface area (Å²) in [5, 5.41) is 4.32. The number of rotatable bonds is 0. The van der Waals surface area contributed by atoms with Crippen molar-refractivity contribution in [1.82, 2.24) is 5.43 Å². The number of carbonyl (C=O) groups is 1. The van der Waals surface area contributed by atoms with Gasteiger partial charge < -0.3 is 0 Å². The predicted octanol–water partition coefficient (Wildman–Crippen LogP) is 2.64. The van der Waals surface area contributed by atoms with Gasteiger partial charge in [-0.25, -0.2) is 5.43 Å². The molecule has 0 spiro atoms. The third-order valence-corrected chi connectivity index (χ3v) is 4.80. The summed E-state index contributed by atoms with van der Waals surface area (Å²) in [6.07, 6.45) is 1.61. The van der Waals surface area contributed by atoms with Gasteiger partial charge in [-0.1, -0.05) is 11.6 Å². The molecule has 1 unspecified atom stereocenters. The molecule has 4 heteroatoms. The van der Waals surface area contributed by atoms with E-state index < -0.39 is 0 Å². The lowest BCUT2D eigenvalue weighted by Crippen LogP contribution is -2.33. The number of fused-ring (bicyclic) bond motifs is 3. The van der Waals surface area contributed by atoms with Crippen molar-refractivity contribution in [3.05, 3.63) is 28.8 Å². The molecular weight excluding hydrogens is 244 g/mol. The van der Waals surface area contributed by atoms with Crippen LogP contribution in [0.4, 0.5) is 0 Å². The molecule has 3 rings (SSSR count). The van der Waals surface area contributed by atoms with E-state index in [4.69, 9.17) is 0 Å². The number of hydrazone groups is 1. The van der Waals surface area contributed by atoms with E-state index in [0.717, 1.165) is 17.9 Å². The number of hydrogen-bond acceptors (Lipinski definition) is 3. The van der Waals surface area contributed by atoms with Crippen molar-refractivity contribution in [2.45, 2.75) is 31.6 Å². The fourth-order valence-corrected chi connectivity index (χ4v) is 3.95. The summed E-state index contributed by atoms with van der Waals surface area (Å²) >= 11 is 1.89. The minimum absolute atomic E-state index is 0.0431. The minimum Gasteiger partial charge on any atom is -0.273 e. The average Bonchev–Trinajstić information content (AvgIpc) is 2.48. The number of aryl methyl sites for hydroxylation is 2. The Morgan fingerprint density at radius 1 is 1.39 bits per heavy atom. The SMILES string of the molecule is Cc1cc(C)c2c(c1)C1=NNC(=O)CC1CCS2. The topological polar surface area (TPSA) is 41.5 Å². The van der Waals surface area contributed by atoms with Crippen LogP contribution in [0, 0.1) is 19.8 Å². The van der Waals surface area contributed by atoms with Gasteiger partial charge in [-0.15, -0.1) is 11.8 Å². The Bertz CT molecular complexity index is 551. The van der Waals surface area contributed by atoms with Crippen molar-refractivity contribution < 1.29 is 4.79 Å². The summed E-state index contributed by atoms with van der Waals surface area (Å²) < 4.78 is 0. The molecule has 2 heterocycles. The molecule has 0 fully saturated rings. The molecule has 0 saturated heterocycles.